The van der Waals surface area contributed by atoms with Crippen molar-refractivity contribution in [2.45, 2.75) is 32.4 Å². The zero-order valence-electron chi connectivity index (χ0n) is 11.7. The Kier molecular flexibility index (Phi) is 3.78. The van der Waals surface area contributed by atoms with Gasteiger partial charge in [0.15, 0.2) is 11.5 Å². The molecule has 3 rings (SSSR count). The minimum absolute atomic E-state index is 0.0722. The van der Waals surface area contributed by atoms with E-state index in [1.54, 1.807) is 0 Å². The Hall–Kier alpha value is -1.75. The van der Waals surface area contributed by atoms with Gasteiger partial charge in [-0.3, -0.25) is 9.69 Å². The predicted molar refractivity (Wildman–Crippen MR) is 74.5 cm³/mol. The van der Waals surface area contributed by atoms with Crippen LogP contribution in [0, 0.1) is 0 Å². The molecule has 0 aromatic heterocycles. The van der Waals surface area contributed by atoms with Crippen molar-refractivity contribution in [3.8, 4) is 11.5 Å². The Morgan fingerprint density at radius 3 is 3.10 bits per heavy atom. The van der Waals surface area contributed by atoms with Gasteiger partial charge in [0.2, 0.25) is 12.7 Å². The standard InChI is InChI=1S/C15H20N2O3/c1-2-3-4-8-17-9-13(18)16-15(17)11-6-5-7-12-14(11)20-10-19-12/h5-7,15H,2-4,8-10H2,1H3,(H,16,18)/t15-/m1/s1. The van der Waals surface area contributed by atoms with Gasteiger partial charge in [-0.2, -0.15) is 0 Å². The molecule has 1 N–H and O–H groups in total. The summed E-state index contributed by atoms with van der Waals surface area (Å²) in [5.41, 5.74) is 0.988. The van der Waals surface area contributed by atoms with Crippen molar-refractivity contribution in [1.82, 2.24) is 10.2 Å². The molecular formula is C15H20N2O3. The second-order valence-electron chi connectivity index (χ2n) is 5.23. The molecule has 0 aliphatic carbocycles. The normalized spacial score (nSPS) is 21.2. The van der Waals surface area contributed by atoms with Crippen molar-refractivity contribution in [1.29, 1.82) is 0 Å². The van der Waals surface area contributed by atoms with E-state index >= 15 is 0 Å². The maximum Gasteiger partial charge on any atom is 0.235 e. The third-order valence-electron chi connectivity index (χ3n) is 3.78. The van der Waals surface area contributed by atoms with Crippen LogP contribution in [0.25, 0.3) is 0 Å². The van der Waals surface area contributed by atoms with Gasteiger partial charge in [-0.05, 0) is 12.5 Å². The van der Waals surface area contributed by atoms with Crippen LogP contribution < -0.4 is 14.8 Å². The molecule has 1 fully saturated rings. The van der Waals surface area contributed by atoms with Gasteiger partial charge in [-0.1, -0.05) is 31.9 Å². The number of hydrogen-bond acceptors (Lipinski definition) is 4. The summed E-state index contributed by atoms with van der Waals surface area (Å²) in [7, 11) is 0. The topological polar surface area (TPSA) is 50.8 Å². The van der Waals surface area contributed by atoms with E-state index in [0.29, 0.717) is 6.54 Å². The lowest BCUT2D eigenvalue weighted by Crippen LogP contribution is -2.28. The highest BCUT2D eigenvalue weighted by atomic mass is 16.7. The van der Waals surface area contributed by atoms with E-state index in [0.717, 1.165) is 30.0 Å². The van der Waals surface area contributed by atoms with Crippen molar-refractivity contribution in [2.75, 3.05) is 19.9 Å². The molecular weight excluding hydrogens is 256 g/mol. The van der Waals surface area contributed by atoms with Gasteiger partial charge in [-0.15, -0.1) is 0 Å². The molecule has 0 unspecified atom stereocenters. The molecule has 0 saturated carbocycles. The average Bonchev–Trinajstić information content (AvgIpc) is 3.05. The second-order valence-corrected chi connectivity index (χ2v) is 5.23. The molecule has 1 amide bonds. The summed E-state index contributed by atoms with van der Waals surface area (Å²) in [5.74, 6) is 1.60. The number of amides is 1. The van der Waals surface area contributed by atoms with E-state index in [2.05, 4.69) is 17.1 Å². The SMILES string of the molecule is CCCCCN1CC(=O)N[C@H]1c1cccc2c1OCO2. The quantitative estimate of drug-likeness (QED) is 0.836. The van der Waals surface area contributed by atoms with E-state index in [1.165, 1.54) is 12.8 Å². The van der Waals surface area contributed by atoms with Crippen LogP contribution in [0.2, 0.25) is 0 Å². The number of nitrogens with zero attached hydrogens (tertiary/aromatic N) is 1. The summed E-state index contributed by atoms with van der Waals surface area (Å²) >= 11 is 0. The molecule has 1 atom stereocenters. The van der Waals surface area contributed by atoms with Crippen LogP contribution >= 0.6 is 0 Å². The number of nitrogens with one attached hydrogen (secondary N) is 1. The Morgan fingerprint density at radius 1 is 1.35 bits per heavy atom. The number of para-hydroxylation sites is 1. The molecule has 5 nitrogen and oxygen atoms in total. The number of carbonyl (C=O) groups is 1. The minimum Gasteiger partial charge on any atom is -0.454 e. The van der Waals surface area contributed by atoms with Crippen LogP contribution in [-0.2, 0) is 4.79 Å². The Morgan fingerprint density at radius 2 is 2.25 bits per heavy atom. The van der Waals surface area contributed by atoms with E-state index in [1.807, 2.05) is 18.2 Å². The van der Waals surface area contributed by atoms with Crippen molar-refractivity contribution < 1.29 is 14.3 Å². The highest BCUT2D eigenvalue weighted by Crippen LogP contribution is 2.40. The van der Waals surface area contributed by atoms with Crippen LogP contribution in [0.1, 0.15) is 37.9 Å². The molecule has 2 aliphatic rings. The molecule has 1 aromatic rings. The summed E-state index contributed by atoms with van der Waals surface area (Å²) in [5, 5.41) is 3.03. The fourth-order valence-electron chi connectivity index (χ4n) is 2.78. The highest BCUT2D eigenvalue weighted by Gasteiger charge is 2.34. The summed E-state index contributed by atoms with van der Waals surface area (Å²) in [6, 6.07) is 5.83. The number of fused-ring (bicyclic) bond motifs is 1. The molecule has 0 spiro atoms. The first-order valence-corrected chi connectivity index (χ1v) is 7.21. The largest absolute Gasteiger partial charge is 0.454 e. The van der Waals surface area contributed by atoms with Crippen LogP contribution in [-0.4, -0.2) is 30.7 Å². The zero-order valence-corrected chi connectivity index (χ0v) is 11.7. The number of unbranched alkanes of at least 4 members (excludes halogenated alkanes) is 2. The summed E-state index contributed by atoms with van der Waals surface area (Å²) in [6.45, 7) is 3.81. The molecule has 0 bridgehead atoms. The molecule has 2 aliphatic heterocycles. The van der Waals surface area contributed by atoms with E-state index in [-0.39, 0.29) is 18.9 Å². The molecule has 20 heavy (non-hydrogen) atoms. The first-order chi connectivity index (χ1) is 9.79. The number of hydrogen-bond donors (Lipinski definition) is 1. The van der Waals surface area contributed by atoms with Crippen LogP contribution in [0.4, 0.5) is 0 Å². The number of rotatable bonds is 5. The van der Waals surface area contributed by atoms with E-state index in [9.17, 15) is 4.79 Å². The lowest BCUT2D eigenvalue weighted by atomic mass is 10.1. The van der Waals surface area contributed by atoms with E-state index in [4.69, 9.17) is 9.47 Å². The Bertz CT molecular complexity index is 504. The Balaban J connectivity index is 1.80. The van der Waals surface area contributed by atoms with Crippen molar-refractivity contribution in [3.05, 3.63) is 23.8 Å². The van der Waals surface area contributed by atoms with Gasteiger partial charge in [0.25, 0.3) is 0 Å². The fraction of sp³-hybridized carbons (Fsp3) is 0.533. The molecule has 0 radical (unpaired) electrons. The van der Waals surface area contributed by atoms with Gasteiger partial charge in [0.1, 0.15) is 6.17 Å². The highest BCUT2D eigenvalue weighted by molar-refractivity contribution is 5.81. The maximum absolute atomic E-state index is 11.7. The lowest BCUT2D eigenvalue weighted by molar-refractivity contribution is -0.118. The molecule has 1 saturated heterocycles. The first-order valence-electron chi connectivity index (χ1n) is 7.21. The van der Waals surface area contributed by atoms with Crippen molar-refractivity contribution >= 4 is 5.91 Å². The first kappa shape index (κ1) is 13.2. The van der Waals surface area contributed by atoms with Crippen molar-refractivity contribution in [3.63, 3.8) is 0 Å². The second kappa shape index (κ2) is 5.71. The van der Waals surface area contributed by atoms with Gasteiger partial charge in [-0.25, -0.2) is 0 Å². The Labute approximate surface area is 118 Å². The molecule has 108 valence electrons. The lowest BCUT2D eigenvalue weighted by Gasteiger charge is -2.24. The summed E-state index contributed by atoms with van der Waals surface area (Å²) in [6.07, 6.45) is 3.37. The van der Waals surface area contributed by atoms with Crippen LogP contribution in [0.5, 0.6) is 11.5 Å². The maximum atomic E-state index is 11.7. The van der Waals surface area contributed by atoms with Gasteiger partial charge in [0, 0.05) is 12.1 Å². The van der Waals surface area contributed by atoms with Crippen molar-refractivity contribution in [2.24, 2.45) is 0 Å². The summed E-state index contributed by atoms with van der Waals surface area (Å²) < 4.78 is 11.0. The van der Waals surface area contributed by atoms with Gasteiger partial charge >= 0.3 is 0 Å². The molecule has 2 heterocycles. The fourth-order valence-corrected chi connectivity index (χ4v) is 2.78. The third-order valence-corrected chi connectivity index (χ3v) is 3.78. The molecule has 1 aromatic carbocycles. The summed E-state index contributed by atoms with van der Waals surface area (Å²) in [4.78, 5) is 13.9. The number of benzene rings is 1. The smallest absolute Gasteiger partial charge is 0.235 e. The predicted octanol–water partition coefficient (Wildman–Crippen LogP) is 2.04. The minimum atomic E-state index is -0.101. The van der Waals surface area contributed by atoms with Crippen LogP contribution in [0.15, 0.2) is 18.2 Å². The van der Waals surface area contributed by atoms with Gasteiger partial charge in [0.05, 0.1) is 6.54 Å². The molecule has 5 heteroatoms. The van der Waals surface area contributed by atoms with Gasteiger partial charge < -0.3 is 14.8 Å². The average molecular weight is 276 g/mol. The monoisotopic (exact) mass is 276 g/mol. The number of carbonyl (C=O) groups excluding carboxylic acids is 1. The van der Waals surface area contributed by atoms with Crippen LogP contribution in [0.3, 0.4) is 0 Å². The zero-order chi connectivity index (χ0) is 13.9. The van der Waals surface area contributed by atoms with E-state index < -0.39 is 0 Å². The number of ether oxygens (including phenoxy) is 2. The third kappa shape index (κ3) is 2.45.